The molecule has 0 unspecified atom stereocenters. The van der Waals surface area contributed by atoms with Crippen molar-refractivity contribution in [3.05, 3.63) is 65.2 Å². The molecule has 0 radical (unpaired) electrons. The number of hydrogen-bond donors (Lipinski definition) is 1. The fourth-order valence-electron chi connectivity index (χ4n) is 1.73. The van der Waals surface area contributed by atoms with Crippen LogP contribution in [0.4, 0.5) is 18.9 Å². The highest BCUT2D eigenvalue weighted by molar-refractivity contribution is 6.17. The van der Waals surface area contributed by atoms with Crippen LogP contribution in [0.1, 0.15) is 16.7 Å². The van der Waals surface area contributed by atoms with Crippen LogP contribution in [0.2, 0.25) is 0 Å². The Hall–Kier alpha value is -1.68. The van der Waals surface area contributed by atoms with Gasteiger partial charge < -0.3 is 5.32 Å². The summed E-state index contributed by atoms with van der Waals surface area (Å²) < 4.78 is 37.2. The SMILES string of the molecule is FC(F)(F)c1ccc(NCc2ccc(CCl)cc2)cc1. The van der Waals surface area contributed by atoms with E-state index in [2.05, 4.69) is 5.32 Å². The molecule has 0 aliphatic carbocycles. The molecule has 20 heavy (non-hydrogen) atoms. The van der Waals surface area contributed by atoms with Crippen molar-refractivity contribution in [3.63, 3.8) is 0 Å². The van der Waals surface area contributed by atoms with Gasteiger partial charge in [-0.2, -0.15) is 13.2 Å². The molecule has 5 heteroatoms. The van der Waals surface area contributed by atoms with Crippen LogP contribution in [0.25, 0.3) is 0 Å². The van der Waals surface area contributed by atoms with Crippen molar-refractivity contribution in [1.82, 2.24) is 0 Å². The molecular weight excluding hydrogens is 287 g/mol. The van der Waals surface area contributed by atoms with Crippen molar-refractivity contribution in [2.75, 3.05) is 5.32 Å². The van der Waals surface area contributed by atoms with E-state index in [9.17, 15) is 13.2 Å². The molecular formula is C15H13ClF3N. The van der Waals surface area contributed by atoms with Gasteiger partial charge in [0.2, 0.25) is 0 Å². The first kappa shape index (κ1) is 14.7. The molecule has 0 saturated heterocycles. The Morgan fingerprint density at radius 2 is 1.40 bits per heavy atom. The van der Waals surface area contributed by atoms with Crippen LogP contribution in [0.15, 0.2) is 48.5 Å². The van der Waals surface area contributed by atoms with E-state index in [1.54, 1.807) is 0 Å². The minimum Gasteiger partial charge on any atom is -0.381 e. The lowest BCUT2D eigenvalue weighted by molar-refractivity contribution is -0.137. The Bertz CT molecular complexity index is 547. The summed E-state index contributed by atoms with van der Waals surface area (Å²) in [5.41, 5.74) is 2.08. The van der Waals surface area contributed by atoms with Gasteiger partial charge in [-0.25, -0.2) is 0 Å². The van der Waals surface area contributed by atoms with Gasteiger partial charge in [0.15, 0.2) is 0 Å². The summed E-state index contributed by atoms with van der Waals surface area (Å²) in [6, 6.07) is 12.7. The van der Waals surface area contributed by atoms with Crippen LogP contribution < -0.4 is 5.32 Å². The molecule has 0 heterocycles. The van der Waals surface area contributed by atoms with Gasteiger partial charge in [-0.05, 0) is 35.4 Å². The number of rotatable bonds is 4. The van der Waals surface area contributed by atoms with E-state index in [1.807, 2.05) is 24.3 Å². The van der Waals surface area contributed by atoms with E-state index in [0.717, 1.165) is 23.3 Å². The lowest BCUT2D eigenvalue weighted by Gasteiger charge is -2.10. The molecule has 0 bridgehead atoms. The molecule has 0 saturated carbocycles. The lowest BCUT2D eigenvalue weighted by atomic mass is 10.1. The molecule has 0 spiro atoms. The molecule has 0 amide bonds. The molecule has 2 rings (SSSR count). The van der Waals surface area contributed by atoms with Crippen molar-refractivity contribution in [2.24, 2.45) is 0 Å². The second-order valence-corrected chi connectivity index (χ2v) is 4.65. The maximum Gasteiger partial charge on any atom is 0.416 e. The first-order valence-electron chi connectivity index (χ1n) is 6.04. The summed E-state index contributed by atoms with van der Waals surface area (Å²) in [6.45, 7) is 0.550. The Labute approximate surface area is 120 Å². The summed E-state index contributed by atoms with van der Waals surface area (Å²) in [7, 11) is 0. The standard InChI is InChI=1S/C15H13ClF3N/c16-9-11-1-3-12(4-2-11)10-20-14-7-5-13(6-8-14)15(17,18)19/h1-8,20H,9-10H2. The van der Waals surface area contributed by atoms with Crippen molar-refractivity contribution in [3.8, 4) is 0 Å². The van der Waals surface area contributed by atoms with E-state index in [1.165, 1.54) is 12.1 Å². The zero-order valence-corrected chi connectivity index (χ0v) is 11.3. The van der Waals surface area contributed by atoms with Crippen LogP contribution >= 0.6 is 11.6 Å². The highest BCUT2D eigenvalue weighted by Gasteiger charge is 2.29. The maximum atomic E-state index is 12.4. The Morgan fingerprint density at radius 3 is 1.90 bits per heavy atom. The molecule has 0 aromatic heterocycles. The molecule has 0 atom stereocenters. The smallest absolute Gasteiger partial charge is 0.381 e. The molecule has 0 aliphatic rings. The average Bonchev–Trinajstić information content (AvgIpc) is 2.45. The van der Waals surface area contributed by atoms with Crippen LogP contribution in [0.5, 0.6) is 0 Å². The van der Waals surface area contributed by atoms with E-state index < -0.39 is 11.7 Å². The highest BCUT2D eigenvalue weighted by Crippen LogP contribution is 2.29. The third-order valence-corrected chi connectivity index (χ3v) is 3.19. The predicted octanol–water partition coefficient (Wildman–Crippen LogP) is 5.06. The first-order valence-corrected chi connectivity index (χ1v) is 6.57. The first-order chi connectivity index (χ1) is 9.49. The van der Waals surface area contributed by atoms with Crippen molar-refractivity contribution < 1.29 is 13.2 Å². The molecule has 2 aromatic rings. The van der Waals surface area contributed by atoms with Crippen LogP contribution in [-0.2, 0) is 18.6 Å². The Kier molecular flexibility index (Phi) is 4.55. The van der Waals surface area contributed by atoms with Gasteiger partial charge in [-0.3, -0.25) is 0 Å². The number of hydrogen-bond acceptors (Lipinski definition) is 1. The second-order valence-electron chi connectivity index (χ2n) is 4.38. The summed E-state index contributed by atoms with van der Waals surface area (Å²) in [5, 5.41) is 3.08. The number of benzene rings is 2. The van der Waals surface area contributed by atoms with Crippen LogP contribution in [-0.4, -0.2) is 0 Å². The Balaban J connectivity index is 1.96. The summed E-state index contributed by atoms with van der Waals surface area (Å²) in [6.07, 6.45) is -4.30. The quantitative estimate of drug-likeness (QED) is 0.778. The number of anilines is 1. The van der Waals surface area contributed by atoms with Gasteiger partial charge in [0.1, 0.15) is 0 Å². The fourth-order valence-corrected chi connectivity index (χ4v) is 1.91. The molecule has 2 aromatic carbocycles. The van der Waals surface area contributed by atoms with Crippen LogP contribution in [0.3, 0.4) is 0 Å². The van der Waals surface area contributed by atoms with Crippen molar-refractivity contribution >= 4 is 17.3 Å². The van der Waals surface area contributed by atoms with Crippen LogP contribution in [0, 0.1) is 0 Å². The zero-order valence-electron chi connectivity index (χ0n) is 10.5. The van der Waals surface area contributed by atoms with E-state index in [4.69, 9.17) is 11.6 Å². The summed E-state index contributed by atoms with van der Waals surface area (Å²) >= 11 is 5.70. The molecule has 0 aliphatic heterocycles. The normalized spacial score (nSPS) is 11.4. The monoisotopic (exact) mass is 299 g/mol. The van der Waals surface area contributed by atoms with Gasteiger partial charge in [-0.15, -0.1) is 11.6 Å². The minimum absolute atomic E-state index is 0.465. The van der Waals surface area contributed by atoms with Gasteiger partial charge in [-0.1, -0.05) is 24.3 Å². The van der Waals surface area contributed by atoms with Gasteiger partial charge in [0, 0.05) is 18.1 Å². The zero-order chi connectivity index (χ0) is 14.6. The molecule has 1 nitrogen and oxygen atoms in total. The van der Waals surface area contributed by atoms with E-state index in [-0.39, 0.29) is 0 Å². The minimum atomic E-state index is -4.30. The average molecular weight is 300 g/mol. The lowest BCUT2D eigenvalue weighted by Crippen LogP contribution is -2.05. The summed E-state index contributed by atoms with van der Waals surface area (Å²) in [5.74, 6) is 0.465. The number of halogens is 4. The van der Waals surface area contributed by atoms with E-state index >= 15 is 0 Å². The predicted molar refractivity (Wildman–Crippen MR) is 74.8 cm³/mol. The number of alkyl halides is 4. The molecule has 0 fully saturated rings. The van der Waals surface area contributed by atoms with Gasteiger partial charge in [0.25, 0.3) is 0 Å². The van der Waals surface area contributed by atoms with Gasteiger partial charge >= 0.3 is 6.18 Å². The third-order valence-electron chi connectivity index (χ3n) is 2.89. The van der Waals surface area contributed by atoms with Gasteiger partial charge in [0.05, 0.1) is 5.56 Å². The highest BCUT2D eigenvalue weighted by atomic mass is 35.5. The summed E-state index contributed by atoms with van der Waals surface area (Å²) in [4.78, 5) is 0. The van der Waals surface area contributed by atoms with Crippen molar-refractivity contribution in [1.29, 1.82) is 0 Å². The molecule has 1 N–H and O–H groups in total. The second kappa shape index (κ2) is 6.18. The number of nitrogens with one attached hydrogen (secondary N) is 1. The van der Waals surface area contributed by atoms with Crippen molar-refractivity contribution in [2.45, 2.75) is 18.6 Å². The fraction of sp³-hybridized carbons (Fsp3) is 0.200. The largest absolute Gasteiger partial charge is 0.416 e. The topological polar surface area (TPSA) is 12.0 Å². The molecule has 106 valence electrons. The Morgan fingerprint density at radius 1 is 0.850 bits per heavy atom. The maximum absolute atomic E-state index is 12.4. The third kappa shape index (κ3) is 3.90. The van der Waals surface area contributed by atoms with E-state index in [0.29, 0.717) is 18.1 Å².